The highest BCUT2D eigenvalue weighted by Crippen LogP contribution is 2.30. The maximum Gasteiger partial charge on any atom is 0.125 e. The van der Waals surface area contributed by atoms with Crippen LogP contribution in [0, 0.1) is 11.8 Å². The zero-order chi connectivity index (χ0) is 12.1. The van der Waals surface area contributed by atoms with Crippen molar-refractivity contribution in [3.63, 3.8) is 0 Å². The predicted molar refractivity (Wildman–Crippen MR) is 72.9 cm³/mol. The standard InChI is InChI=1S/C14H23N3/c1-2-11-3-5-12(6-4-11)10-17-13-7-8-16-14(15)9-13/h7-9,11-12H,2-6,10H2,1H3,(H3,15,16,17). The maximum atomic E-state index is 5.65. The van der Waals surface area contributed by atoms with E-state index in [2.05, 4.69) is 17.2 Å². The van der Waals surface area contributed by atoms with Gasteiger partial charge in [0.1, 0.15) is 5.82 Å². The average molecular weight is 233 g/mol. The van der Waals surface area contributed by atoms with Crippen LogP contribution in [0.2, 0.25) is 0 Å². The molecule has 1 fully saturated rings. The van der Waals surface area contributed by atoms with Gasteiger partial charge in [-0.2, -0.15) is 0 Å². The van der Waals surface area contributed by atoms with E-state index in [-0.39, 0.29) is 0 Å². The van der Waals surface area contributed by atoms with Gasteiger partial charge in [0.15, 0.2) is 0 Å². The normalized spacial score (nSPS) is 24.5. The Bertz CT molecular complexity index is 343. The Morgan fingerprint density at radius 2 is 2.00 bits per heavy atom. The number of nitrogens with one attached hydrogen (secondary N) is 1. The molecule has 3 heteroatoms. The quantitative estimate of drug-likeness (QED) is 0.839. The summed E-state index contributed by atoms with van der Waals surface area (Å²) in [5.41, 5.74) is 6.75. The number of nitrogens with two attached hydrogens (primary N) is 1. The Morgan fingerprint density at radius 1 is 1.29 bits per heavy atom. The summed E-state index contributed by atoms with van der Waals surface area (Å²) in [7, 11) is 0. The summed E-state index contributed by atoms with van der Waals surface area (Å²) in [4.78, 5) is 3.99. The first kappa shape index (κ1) is 12.2. The molecule has 3 N–H and O–H groups in total. The van der Waals surface area contributed by atoms with Gasteiger partial charge in [-0.3, -0.25) is 0 Å². The van der Waals surface area contributed by atoms with Gasteiger partial charge in [0, 0.05) is 24.5 Å². The Morgan fingerprint density at radius 3 is 2.65 bits per heavy atom. The van der Waals surface area contributed by atoms with E-state index < -0.39 is 0 Å². The topological polar surface area (TPSA) is 50.9 Å². The van der Waals surface area contributed by atoms with Gasteiger partial charge in [0.2, 0.25) is 0 Å². The molecule has 1 aliphatic carbocycles. The number of aromatic nitrogens is 1. The van der Waals surface area contributed by atoms with Gasteiger partial charge in [-0.25, -0.2) is 4.98 Å². The molecule has 3 nitrogen and oxygen atoms in total. The number of hydrogen-bond acceptors (Lipinski definition) is 3. The molecule has 0 saturated heterocycles. The summed E-state index contributed by atoms with van der Waals surface area (Å²) < 4.78 is 0. The van der Waals surface area contributed by atoms with Crippen molar-refractivity contribution >= 4 is 11.5 Å². The molecule has 94 valence electrons. The molecule has 1 aliphatic rings. The van der Waals surface area contributed by atoms with E-state index in [1.807, 2.05) is 12.1 Å². The molecule has 0 aliphatic heterocycles. The number of nitrogens with zero attached hydrogens (tertiary/aromatic N) is 1. The SMILES string of the molecule is CCC1CCC(CNc2ccnc(N)c2)CC1. The van der Waals surface area contributed by atoms with Gasteiger partial charge in [-0.1, -0.05) is 26.2 Å². The second kappa shape index (κ2) is 5.89. The highest BCUT2D eigenvalue weighted by atomic mass is 14.9. The van der Waals surface area contributed by atoms with Crippen molar-refractivity contribution < 1.29 is 0 Å². The minimum atomic E-state index is 0.588. The van der Waals surface area contributed by atoms with E-state index in [1.165, 1.54) is 32.1 Å². The third-order valence-electron chi connectivity index (χ3n) is 3.92. The maximum absolute atomic E-state index is 5.65. The minimum Gasteiger partial charge on any atom is -0.385 e. The molecule has 1 heterocycles. The van der Waals surface area contributed by atoms with Crippen LogP contribution in [-0.4, -0.2) is 11.5 Å². The van der Waals surface area contributed by atoms with Gasteiger partial charge < -0.3 is 11.1 Å². The molecule has 0 atom stereocenters. The van der Waals surface area contributed by atoms with Crippen LogP contribution in [0.3, 0.4) is 0 Å². The van der Waals surface area contributed by atoms with Crippen LogP contribution in [0.1, 0.15) is 39.0 Å². The van der Waals surface area contributed by atoms with E-state index in [0.717, 1.165) is 24.1 Å². The number of anilines is 2. The van der Waals surface area contributed by atoms with Crippen molar-refractivity contribution in [1.29, 1.82) is 0 Å². The summed E-state index contributed by atoms with van der Waals surface area (Å²) in [5.74, 6) is 2.39. The lowest BCUT2D eigenvalue weighted by atomic mass is 9.81. The average Bonchev–Trinajstić information content (AvgIpc) is 2.37. The first-order chi connectivity index (χ1) is 8.28. The third kappa shape index (κ3) is 3.62. The summed E-state index contributed by atoms with van der Waals surface area (Å²) >= 11 is 0. The third-order valence-corrected chi connectivity index (χ3v) is 3.92. The molecule has 0 amide bonds. The van der Waals surface area contributed by atoms with Gasteiger partial charge in [0.05, 0.1) is 0 Å². The van der Waals surface area contributed by atoms with E-state index in [1.54, 1.807) is 6.20 Å². The first-order valence-electron chi connectivity index (χ1n) is 6.73. The largest absolute Gasteiger partial charge is 0.385 e. The number of nitrogen functional groups attached to an aromatic ring is 1. The fourth-order valence-electron chi connectivity index (χ4n) is 2.66. The van der Waals surface area contributed by atoms with E-state index in [0.29, 0.717) is 5.82 Å². The highest BCUT2D eigenvalue weighted by molar-refractivity contribution is 5.49. The Kier molecular flexibility index (Phi) is 4.24. The highest BCUT2D eigenvalue weighted by Gasteiger charge is 2.19. The molecular weight excluding hydrogens is 210 g/mol. The summed E-state index contributed by atoms with van der Waals surface area (Å²) in [5, 5.41) is 3.47. The lowest BCUT2D eigenvalue weighted by Crippen LogP contribution is -2.21. The molecule has 0 spiro atoms. The Hall–Kier alpha value is -1.25. The smallest absolute Gasteiger partial charge is 0.125 e. The van der Waals surface area contributed by atoms with Gasteiger partial charge in [-0.15, -0.1) is 0 Å². The van der Waals surface area contributed by atoms with Crippen molar-refractivity contribution in [2.24, 2.45) is 11.8 Å². The Balaban J connectivity index is 1.76. The Labute approximate surface area is 104 Å². The fourth-order valence-corrected chi connectivity index (χ4v) is 2.66. The number of pyridine rings is 1. The van der Waals surface area contributed by atoms with Crippen LogP contribution in [0.4, 0.5) is 11.5 Å². The first-order valence-corrected chi connectivity index (χ1v) is 6.73. The van der Waals surface area contributed by atoms with Crippen molar-refractivity contribution in [2.45, 2.75) is 39.0 Å². The van der Waals surface area contributed by atoms with Gasteiger partial charge >= 0.3 is 0 Å². The molecule has 0 radical (unpaired) electrons. The van der Waals surface area contributed by atoms with Crippen LogP contribution in [-0.2, 0) is 0 Å². The van der Waals surface area contributed by atoms with E-state index in [9.17, 15) is 0 Å². The molecule has 1 aromatic rings. The van der Waals surface area contributed by atoms with Gasteiger partial charge in [-0.05, 0) is 30.7 Å². The molecular formula is C14H23N3. The van der Waals surface area contributed by atoms with Crippen LogP contribution in [0.15, 0.2) is 18.3 Å². The molecule has 17 heavy (non-hydrogen) atoms. The number of hydrogen-bond donors (Lipinski definition) is 2. The molecule has 1 saturated carbocycles. The summed E-state index contributed by atoms with van der Waals surface area (Å²) in [6.07, 6.45) is 8.65. The predicted octanol–water partition coefficient (Wildman–Crippen LogP) is 3.29. The molecule has 2 rings (SSSR count). The fraction of sp³-hybridized carbons (Fsp3) is 0.643. The van der Waals surface area contributed by atoms with E-state index >= 15 is 0 Å². The van der Waals surface area contributed by atoms with Gasteiger partial charge in [0.25, 0.3) is 0 Å². The summed E-state index contributed by atoms with van der Waals surface area (Å²) in [6.45, 7) is 3.38. The van der Waals surface area contributed by atoms with Crippen molar-refractivity contribution in [1.82, 2.24) is 4.98 Å². The van der Waals surface area contributed by atoms with Crippen LogP contribution < -0.4 is 11.1 Å². The monoisotopic (exact) mass is 233 g/mol. The second-order valence-electron chi connectivity index (χ2n) is 5.15. The minimum absolute atomic E-state index is 0.588. The lowest BCUT2D eigenvalue weighted by Gasteiger charge is -2.28. The number of rotatable bonds is 4. The molecule has 0 unspecified atom stereocenters. The van der Waals surface area contributed by atoms with E-state index in [4.69, 9.17) is 5.73 Å². The summed E-state index contributed by atoms with van der Waals surface area (Å²) in [6, 6.07) is 3.88. The lowest BCUT2D eigenvalue weighted by molar-refractivity contribution is 0.278. The molecule has 0 bridgehead atoms. The molecule has 1 aromatic heterocycles. The van der Waals surface area contributed by atoms with Crippen molar-refractivity contribution in [3.8, 4) is 0 Å². The van der Waals surface area contributed by atoms with Crippen molar-refractivity contribution in [2.75, 3.05) is 17.6 Å². The van der Waals surface area contributed by atoms with Crippen molar-refractivity contribution in [3.05, 3.63) is 18.3 Å². The van der Waals surface area contributed by atoms with Crippen LogP contribution in [0.5, 0.6) is 0 Å². The zero-order valence-corrected chi connectivity index (χ0v) is 10.7. The second-order valence-corrected chi connectivity index (χ2v) is 5.15. The van der Waals surface area contributed by atoms with Crippen LogP contribution in [0.25, 0.3) is 0 Å². The van der Waals surface area contributed by atoms with Crippen LogP contribution >= 0.6 is 0 Å². The molecule has 0 aromatic carbocycles. The zero-order valence-electron chi connectivity index (χ0n) is 10.7.